The van der Waals surface area contributed by atoms with Gasteiger partial charge in [0.05, 0.1) is 18.0 Å². The first kappa shape index (κ1) is 18.4. The summed E-state index contributed by atoms with van der Waals surface area (Å²) in [5, 5.41) is 14.5. The van der Waals surface area contributed by atoms with E-state index in [1.54, 1.807) is 0 Å². The van der Waals surface area contributed by atoms with Crippen LogP contribution in [0.5, 0.6) is 0 Å². The van der Waals surface area contributed by atoms with Crippen molar-refractivity contribution in [2.24, 2.45) is 0 Å². The minimum atomic E-state index is -0.471. The van der Waals surface area contributed by atoms with Crippen molar-refractivity contribution in [2.45, 2.75) is 25.4 Å². The van der Waals surface area contributed by atoms with Crippen LogP contribution in [0.25, 0.3) is 0 Å². The monoisotopic (exact) mass is 374 g/mol. The second kappa shape index (κ2) is 8.29. The summed E-state index contributed by atoms with van der Waals surface area (Å²) in [6, 6.07) is 13.8. The van der Waals surface area contributed by atoms with Crippen molar-refractivity contribution in [1.29, 1.82) is 0 Å². The SMILES string of the molecule is O=C(NC1CC[NH+](Cc2ccc(Cl)cc2)CC1)c1ccc([N+](=O)[O-])cc1. The molecule has 1 aliphatic heterocycles. The van der Waals surface area contributed by atoms with Crippen LogP contribution in [0.1, 0.15) is 28.8 Å². The number of amides is 1. The maximum Gasteiger partial charge on any atom is 0.269 e. The van der Waals surface area contributed by atoms with Crippen LogP contribution < -0.4 is 10.2 Å². The minimum Gasteiger partial charge on any atom is -0.349 e. The summed E-state index contributed by atoms with van der Waals surface area (Å²) in [5.74, 6) is -0.175. The lowest BCUT2D eigenvalue weighted by Crippen LogP contribution is -3.12. The Morgan fingerprint density at radius 3 is 2.31 bits per heavy atom. The van der Waals surface area contributed by atoms with Crippen LogP contribution >= 0.6 is 11.6 Å². The highest BCUT2D eigenvalue weighted by Gasteiger charge is 2.24. The van der Waals surface area contributed by atoms with Gasteiger partial charge in [0.2, 0.25) is 0 Å². The van der Waals surface area contributed by atoms with Crippen LogP contribution in [0, 0.1) is 10.1 Å². The number of hydrogen-bond donors (Lipinski definition) is 2. The largest absolute Gasteiger partial charge is 0.349 e. The Labute approximate surface area is 156 Å². The van der Waals surface area contributed by atoms with E-state index in [2.05, 4.69) is 17.4 Å². The van der Waals surface area contributed by atoms with Gasteiger partial charge in [-0.15, -0.1) is 0 Å². The van der Waals surface area contributed by atoms with Gasteiger partial charge < -0.3 is 10.2 Å². The smallest absolute Gasteiger partial charge is 0.269 e. The van der Waals surface area contributed by atoms with Crippen molar-refractivity contribution in [3.8, 4) is 0 Å². The predicted octanol–water partition coefficient (Wildman–Crippen LogP) is 2.23. The van der Waals surface area contributed by atoms with E-state index in [-0.39, 0.29) is 17.6 Å². The Hall–Kier alpha value is -2.44. The number of carbonyl (C=O) groups is 1. The number of rotatable bonds is 5. The highest BCUT2D eigenvalue weighted by molar-refractivity contribution is 6.30. The maximum atomic E-state index is 12.3. The zero-order valence-electron chi connectivity index (χ0n) is 14.3. The Kier molecular flexibility index (Phi) is 5.85. The predicted molar refractivity (Wildman–Crippen MR) is 99.4 cm³/mol. The number of carbonyl (C=O) groups excluding carboxylic acids is 1. The van der Waals surface area contributed by atoms with E-state index < -0.39 is 4.92 Å². The summed E-state index contributed by atoms with van der Waals surface area (Å²) in [6.07, 6.45) is 1.84. The summed E-state index contributed by atoms with van der Waals surface area (Å²) in [6.45, 7) is 2.95. The van der Waals surface area contributed by atoms with Crippen molar-refractivity contribution in [3.05, 3.63) is 74.8 Å². The van der Waals surface area contributed by atoms with Gasteiger partial charge in [0.1, 0.15) is 6.54 Å². The van der Waals surface area contributed by atoms with Crippen molar-refractivity contribution in [2.75, 3.05) is 13.1 Å². The van der Waals surface area contributed by atoms with E-state index in [0.717, 1.165) is 37.5 Å². The summed E-state index contributed by atoms with van der Waals surface area (Å²) in [4.78, 5) is 24.0. The fourth-order valence-corrected chi connectivity index (χ4v) is 3.37. The number of piperidine rings is 1. The summed E-state index contributed by atoms with van der Waals surface area (Å²) >= 11 is 5.92. The lowest BCUT2D eigenvalue weighted by Gasteiger charge is -2.29. The standard InChI is InChI=1S/C19H20ClN3O3/c20-16-5-1-14(2-6-16)13-22-11-9-17(10-12-22)21-19(24)15-3-7-18(8-4-15)23(25)26/h1-8,17H,9-13H2,(H,21,24)/p+1. The highest BCUT2D eigenvalue weighted by Crippen LogP contribution is 2.13. The molecule has 0 spiro atoms. The normalized spacial score (nSPS) is 19.7. The van der Waals surface area contributed by atoms with E-state index in [0.29, 0.717) is 5.56 Å². The van der Waals surface area contributed by atoms with Crippen LogP contribution in [0.15, 0.2) is 48.5 Å². The number of nitro benzene ring substituents is 1. The Morgan fingerprint density at radius 2 is 1.73 bits per heavy atom. The Bertz CT molecular complexity index is 770. The third-order valence-electron chi connectivity index (χ3n) is 4.74. The zero-order chi connectivity index (χ0) is 18.5. The number of benzene rings is 2. The molecule has 1 fully saturated rings. The van der Waals surface area contributed by atoms with Crippen LogP contribution in [-0.4, -0.2) is 30.0 Å². The Balaban J connectivity index is 1.48. The molecule has 0 radical (unpaired) electrons. The summed E-state index contributed by atoms with van der Waals surface area (Å²) in [5.41, 5.74) is 1.70. The number of nitrogens with one attached hydrogen (secondary N) is 2. The average molecular weight is 375 g/mol. The fourth-order valence-electron chi connectivity index (χ4n) is 3.24. The molecule has 26 heavy (non-hydrogen) atoms. The number of non-ortho nitro benzene ring substituents is 1. The van der Waals surface area contributed by atoms with Gasteiger partial charge >= 0.3 is 0 Å². The fraction of sp³-hybridized carbons (Fsp3) is 0.316. The number of nitrogens with zero attached hydrogens (tertiary/aromatic N) is 1. The zero-order valence-corrected chi connectivity index (χ0v) is 15.0. The van der Waals surface area contributed by atoms with Gasteiger partial charge in [-0.25, -0.2) is 0 Å². The molecule has 136 valence electrons. The minimum absolute atomic E-state index is 0.0133. The molecule has 0 aromatic heterocycles. The van der Waals surface area contributed by atoms with Crippen LogP contribution in [0.2, 0.25) is 5.02 Å². The second-order valence-electron chi connectivity index (χ2n) is 6.60. The van der Waals surface area contributed by atoms with Gasteiger partial charge in [0.15, 0.2) is 0 Å². The van der Waals surface area contributed by atoms with Crippen LogP contribution in [-0.2, 0) is 6.54 Å². The third-order valence-corrected chi connectivity index (χ3v) is 4.99. The van der Waals surface area contributed by atoms with Crippen molar-refractivity contribution < 1.29 is 14.6 Å². The number of quaternary nitrogens is 1. The van der Waals surface area contributed by atoms with Gasteiger partial charge in [0.25, 0.3) is 11.6 Å². The maximum absolute atomic E-state index is 12.3. The van der Waals surface area contributed by atoms with Crippen molar-refractivity contribution in [1.82, 2.24) is 5.32 Å². The number of nitro groups is 1. The van der Waals surface area contributed by atoms with Crippen molar-refractivity contribution in [3.63, 3.8) is 0 Å². The molecule has 2 aromatic rings. The quantitative estimate of drug-likeness (QED) is 0.622. The summed E-state index contributed by atoms with van der Waals surface area (Å²) in [7, 11) is 0. The van der Waals surface area contributed by atoms with E-state index in [9.17, 15) is 14.9 Å². The van der Waals surface area contributed by atoms with Gasteiger partial charge in [-0.2, -0.15) is 0 Å². The Morgan fingerprint density at radius 1 is 1.12 bits per heavy atom. The molecule has 1 aliphatic rings. The first-order valence-electron chi connectivity index (χ1n) is 8.64. The van der Waals surface area contributed by atoms with Crippen LogP contribution in [0.4, 0.5) is 5.69 Å². The molecule has 3 rings (SSSR count). The molecule has 0 saturated carbocycles. The highest BCUT2D eigenvalue weighted by atomic mass is 35.5. The molecule has 6 nitrogen and oxygen atoms in total. The first-order chi connectivity index (χ1) is 12.5. The van der Waals surface area contributed by atoms with E-state index in [1.807, 2.05) is 12.1 Å². The molecule has 0 unspecified atom stereocenters. The molecule has 7 heteroatoms. The molecular formula is C19H21ClN3O3+. The second-order valence-corrected chi connectivity index (χ2v) is 7.04. The number of halogens is 1. The van der Waals surface area contributed by atoms with E-state index in [4.69, 9.17) is 11.6 Å². The molecule has 1 saturated heterocycles. The molecule has 1 amide bonds. The van der Waals surface area contributed by atoms with Gasteiger partial charge in [-0.1, -0.05) is 23.7 Å². The lowest BCUT2D eigenvalue weighted by atomic mass is 10.0. The summed E-state index contributed by atoms with van der Waals surface area (Å²) < 4.78 is 0. The van der Waals surface area contributed by atoms with Gasteiger partial charge in [-0.05, 0) is 24.3 Å². The van der Waals surface area contributed by atoms with Crippen LogP contribution in [0.3, 0.4) is 0 Å². The topological polar surface area (TPSA) is 76.7 Å². The molecule has 2 N–H and O–H groups in total. The molecule has 2 aromatic carbocycles. The molecule has 1 heterocycles. The molecule has 0 atom stereocenters. The molecule has 0 bridgehead atoms. The lowest BCUT2D eigenvalue weighted by molar-refractivity contribution is -0.918. The van der Waals surface area contributed by atoms with E-state index in [1.165, 1.54) is 34.7 Å². The average Bonchev–Trinajstić information content (AvgIpc) is 2.65. The van der Waals surface area contributed by atoms with Crippen molar-refractivity contribution >= 4 is 23.2 Å². The van der Waals surface area contributed by atoms with Gasteiger partial charge in [0, 0.05) is 47.2 Å². The first-order valence-corrected chi connectivity index (χ1v) is 9.02. The van der Waals surface area contributed by atoms with Gasteiger partial charge in [-0.3, -0.25) is 14.9 Å². The molecule has 0 aliphatic carbocycles. The van der Waals surface area contributed by atoms with E-state index >= 15 is 0 Å². The number of likely N-dealkylation sites (tertiary alicyclic amines) is 1. The third kappa shape index (κ3) is 4.80. The number of hydrogen-bond acceptors (Lipinski definition) is 3. The molecular weight excluding hydrogens is 354 g/mol.